The van der Waals surface area contributed by atoms with Gasteiger partial charge in [0, 0.05) is 19.0 Å². The van der Waals surface area contributed by atoms with Gasteiger partial charge in [0.05, 0.1) is 7.11 Å². The highest BCUT2D eigenvalue weighted by molar-refractivity contribution is 7.89. The molecule has 1 saturated heterocycles. The summed E-state index contributed by atoms with van der Waals surface area (Å²) in [4.78, 5) is 11.5. The summed E-state index contributed by atoms with van der Waals surface area (Å²) in [5.41, 5.74) is 7.32. The van der Waals surface area contributed by atoms with Crippen molar-refractivity contribution >= 4 is 15.9 Å². The Morgan fingerprint density at radius 2 is 1.88 bits per heavy atom. The van der Waals surface area contributed by atoms with Gasteiger partial charge in [0.1, 0.15) is 10.6 Å². The van der Waals surface area contributed by atoms with Crippen molar-refractivity contribution in [2.45, 2.75) is 44.4 Å². The van der Waals surface area contributed by atoms with E-state index in [1.54, 1.807) is 12.1 Å². The summed E-state index contributed by atoms with van der Waals surface area (Å²) in [6.45, 7) is 6.60. The molecule has 1 amide bonds. The monoisotopic (exact) mass is 354 g/mol. The molecule has 1 aliphatic heterocycles. The molecule has 0 aliphatic carbocycles. The number of amides is 1. The number of rotatable bonds is 5. The zero-order valence-corrected chi connectivity index (χ0v) is 15.5. The molecular weight excluding hydrogens is 328 g/mol. The van der Waals surface area contributed by atoms with Crippen LogP contribution in [0, 0.1) is 12.8 Å². The molecule has 2 rings (SSSR count). The molecule has 2 N–H and O–H groups in total. The lowest BCUT2D eigenvalue weighted by Crippen LogP contribution is -2.41. The van der Waals surface area contributed by atoms with E-state index in [-0.39, 0.29) is 22.6 Å². The topological polar surface area (TPSA) is 89.7 Å². The van der Waals surface area contributed by atoms with Gasteiger partial charge in [0.2, 0.25) is 15.9 Å². The molecule has 0 atom stereocenters. The van der Waals surface area contributed by atoms with Crippen molar-refractivity contribution in [3.63, 3.8) is 0 Å². The lowest BCUT2D eigenvalue weighted by atomic mass is 9.98. The predicted molar refractivity (Wildman–Crippen MR) is 92.5 cm³/mol. The summed E-state index contributed by atoms with van der Waals surface area (Å²) in [5, 5.41) is 0. The number of methoxy groups -OCH3 is 1. The van der Waals surface area contributed by atoms with Crippen molar-refractivity contribution in [2.75, 3.05) is 20.2 Å². The van der Waals surface area contributed by atoms with Crippen LogP contribution in [-0.4, -0.2) is 38.8 Å². The molecule has 0 bridgehead atoms. The second-order valence-electron chi connectivity index (χ2n) is 6.60. The van der Waals surface area contributed by atoms with Gasteiger partial charge in [0.15, 0.2) is 0 Å². The van der Waals surface area contributed by atoms with Crippen molar-refractivity contribution in [1.29, 1.82) is 0 Å². The molecule has 1 aromatic rings. The van der Waals surface area contributed by atoms with Crippen LogP contribution >= 0.6 is 0 Å². The summed E-state index contributed by atoms with van der Waals surface area (Å²) in [6, 6.07) is 3.49. The first kappa shape index (κ1) is 18.7. The Morgan fingerprint density at radius 3 is 2.33 bits per heavy atom. The highest BCUT2D eigenvalue weighted by Crippen LogP contribution is 2.34. The van der Waals surface area contributed by atoms with Crippen molar-refractivity contribution in [3.8, 4) is 5.75 Å². The van der Waals surface area contributed by atoms with Crippen molar-refractivity contribution in [2.24, 2.45) is 11.7 Å². The normalized spacial score (nSPS) is 17.2. The fraction of sp³-hybridized carbons (Fsp3) is 0.588. The SMILES string of the molecule is COc1cc(C)c(C(C)C)cc1S(=O)(=O)N1CCC(C(N)=O)CC1. The Kier molecular flexibility index (Phi) is 5.55. The minimum absolute atomic E-state index is 0.192. The van der Waals surface area contributed by atoms with Crippen LogP contribution in [0.15, 0.2) is 17.0 Å². The van der Waals surface area contributed by atoms with Crippen LogP contribution in [0.5, 0.6) is 5.75 Å². The van der Waals surface area contributed by atoms with Gasteiger partial charge >= 0.3 is 0 Å². The number of hydrogen-bond acceptors (Lipinski definition) is 4. The number of nitrogens with zero attached hydrogens (tertiary/aromatic N) is 1. The first-order valence-electron chi connectivity index (χ1n) is 8.16. The fourth-order valence-electron chi connectivity index (χ4n) is 3.18. The standard InChI is InChI=1S/C17H26N2O4S/c1-11(2)14-10-16(15(23-4)9-12(14)3)24(21,22)19-7-5-13(6-8-19)17(18)20/h9-11,13H,5-8H2,1-4H3,(H2,18,20). The molecule has 0 spiro atoms. The van der Waals surface area contributed by atoms with Crippen LogP contribution < -0.4 is 10.5 Å². The van der Waals surface area contributed by atoms with Crippen molar-refractivity contribution < 1.29 is 17.9 Å². The first-order chi connectivity index (χ1) is 11.2. The Bertz CT molecular complexity index is 720. The number of ether oxygens (including phenoxy) is 1. The predicted octanol–water partition coefficient (Wildman–Crippen LogP) is 2.01. The van der Waals surface area contributed by atoms with Gasteiger partial charge < -0.3 is 10.5 Å². The maximum absolute atomic E-state index is 13.1. The number of carbonyl (C=O) groups excluding carboxylic acids is 1. The summed E-state index contributed by atoms with van der Waals surface area (Å²) < 4.78 is 32.9. The van der Waals surface area contributed by atoms with Crippen LogP contribution in [0.4, 0.5) is 0 Å². The van der Waals surface area contributed by atoms with Gasteiger partial charge in [-0.2, -0.15) is 4.31 Å². The molecule has 1 aliphatic rings. The Morgan fingerprint density at radius 1 is 1.29 bits per heavy atom. The molecule has 6 nitrogen and oxygen atoms in total. The zero-order valence-electron chi connectivity index (χ0n) is 14.7. The summed E-state index contributed by atoms with van der Waals surface area (Å²) in [5.74, 6) is -0.0379. The van der Waals surface area contributed by atoms with Crippen LogP contribution in [0.3, 0.4) is 0 Å². The molecule has 0 unspecified atom stereocenters. The van der Waals surface area contributed by atoms with E-state index in [9.17, 15) is 13.2 Å². The van der Waals surface area contributed by atoms with Crippen LogP contribution in [0.25, 0.3) is 0 Å². The molecule has 0 aromatic heterocycles. The van der Waals surface area contributed by atoms with Crippen LogP contribution in [-0.2, 0) is 14.8 Å². The van der Waals surface area contributed by atoms with Gasteiger partial charge in [-0.25, -0.2) is 8.42 Å². The smallest absolute Gasteiger partial charge is 0.246 e. The highest BCUT2D eigenvalue weighted by Gasteiger charge is 2.33. The number of sulfonamides is 1. The maximum atomic E-state index is 13.1. The third-order valence-corrected chi connectivity index (χ3v) is 6.57. The molecule has 1 heterocycles. The van der Waals surface area contributed by atoms with Gasteiger partial charge in [-0.1, -0.05) is 13.8 Å². The fourth-order valence-corrected chi connectivity index (χ4v) is 4.82. The molecule has 134 valence electrons. The molecule has 1 fully saturated rings. The largest absolute Gasteiger partial charge is 0.495 e. The highest BCUT2D eigenvalue weighted by atomic mass is 32.2. The van der Waals surface area contributed by atoms with E-state index in [1.165, 1.54) is 11.4 Å². The lowest BCUT2D eigenvalue weighted by Gasteiger charge is -2.30. The lowest BCUT2D eigenvalue weighted by molar-refractivity contribution is -0.122. The Hall–Kier alpha value is -1.60. The van der Waals surface area contributed by atoms with Crippen LogP contribution in [0.2, 0.25) is 0 Å². The Balaban J connectivity index is 2.39. The molecular formula is C17H26N2O4S. The van der Waals surface area contributed by atoms with E-state index < -0.39 is 10.0 Å². The van der Waals surface area contributed by atoms with E-state index >= 15 is 0 Å². The second-order valence-corrected chi connectivity index (χ2v) is 8.50. The molecule has 0 saturated carbocycles. The maximum Gasteiger partial charge on any atom is 0.246 e. The minimum Gasteiger partial charge on any atom is -0.495 e. The van der Waals surface area contributed by atoms with E-state index in [4.69, 9.17) is 10.5 Å². The number of carbonyl (C=O) groups is 1. The quantitative estimate of drug-likeness (QED) is 0.876. The minimum atomic E-state index is -3.67. The molecule has 7 heteroatoms. The number of aryl methyl sites for hydroxylation is 1. The molecule has 0 radical (unpaired) electrons. The third kappa shape index (κ3) is 3.57. The second kappa shape index (κ2) is 7.11. The Labute approximate surface area is 144 Å². The van der Waals surface area contributed by atoms with Crippen molar-refractivity contribution in [3.05, 3.63) is 23.3 Å². The van der Waals surface area contributed by atoms with E-state index in [0.29, 0.717) is 31.7 Å². The summed E-state index contributed by atoms with van der Waals surface area (Å²) in [7, 11) is -2.20. The van der Waals surface area contributed by atoms with E-state index in [0.717, 1.165) is 11.1 Å². The number of nitrogens with two attached hydrogens (primary N) is 1. The first-order valence-corrected chi connectivity index (χ1v) is 9.60. The van der Waals surface area contributed by atoms with E-state index in [2.05, 4.69) is 0 Å². The number of piperidine rings is 1. The zero-order chi connectivity index (χ0) is 18.1. The summed E-state index contributed by atoms with van der Waals surface area (Å²) in [6.07, 6.45) is 0.916. The van der Waals surface area contributed by atoms with Gasteiger partial charge in [-0.05, 0) is 48.9 Å². The third-order valence-electron chi connectivity index (χ3n) is 4.65. The number of primary amides is 1. The average molecular weight is 354 g/mol. The van der Waals surface area contributed by atoms with Crippen molar-refractivity contribution in [1.82, 2.24) is 4.31 Å². The molecule has 24 heavy (non-hydrogen) atoms. The van der Waals surface area contributed by atoms with Crippen LogP contribution in [0.1, 0.15) is 43.7 Å². The van der Waals surface area contributed by atoms with E-state index in [1.807, 2.05) is 20.8 Å². The van der Waals surface area contributed by atoms with Gasteiger partial charge in [-0.3, -0.25) is 4.79 Å². The number of benzene rings is 1. The van der Waals surface area contributed by atoms with Gasteiger partial charge in [0.25, 0.3) is 0 Å². The molecule has 1 aromatic carbocycles. The summed E-state index contributed by atoms with van der Waals surface area (Å²) >= 11 is 0. The average Bonchev–Trinajstić information content (AvgIpc) is 2.53. The van der Waals surface area contributed by atoms with Gasteiger partial charge in [-0.15, -0.1) is 0 Å². The number of hydrogen-bond donors (Lipinski definition) is 1.